The van der Waals surface area contributed by atoms with Crippen LogP contribution in [0, 0.1) is 0 Å². The largest absolute Gasteiger partial charge is 0.323 e. The highest BCUT2D eigenvalue weighted by Crippen LogP contribution is 2.24. The molecule has 7 heteroatoms. The van der Waals surface area contributed by atoms with Crippen LogP contribution in [0.3, 0.4) is 0 Å². The number of pyridine rings is 1. The molecular formula is C16H15N5OS. The number of para-hydroxylation sites is 2. The first-order valence-corrected chi connectivity index (χ1v) is 7.96. The molecular weight excluding hydrogens is 310 g/mol. The van der Waals surface area contributed by atoms with Crippen LogP contribution in [0.4, 0.5) is 5.69 Å². The molecule has 0 fully saturated rings. The summed E-state index contributed by atoms with van der Waals surface area (Å²) in [7, 11) is 0. The van der Waals surface area contributed by atoms with E-state index in [9.17, 15) is 4.79 Å². The van der Waals surface area contributed by atoms with Crippen molar-refractivity contribution in [1.29, 1.82) is 0 Å². The summed E-state index contributed by atoms with van der Waals surface area (Å²) >= 11 is 1.42. The fourth-order valence-electron chi connectivity index (χ4n) is 2.00. The Morgan fingerprint density at radius 1 is 1.17 bits per heavy atom. The number of nitrogens with zero attached hydrogens (tertiary/aromatic N) is 4. The number of hydrogen-bond acceptors (Lipinski definition) is 5. The zero-order valence-electron chi connectivity index (χ0n) is 12.5. The van der Waals surface area contributed by atoms with Gasteiger partial charge in [-0.25, -0.2) is 9.67 Å². The Kier molecular flexibility index (Phi) is 4.68. The second-order valence-corrected chi connectivity index (χ2v) is 6.14. The van der Waals surface area contributed by atoms with Crippen LogP contribution in [-0.2, 0) is 4.79 Å². The smallest absolute Gasteiger partial charge is 0.237 e. The Labute approximate surface area is 137 Å². The van der Waals surface area contributed by atoms with Gasteiger partial charge in [0.2, 0.25) is 5.91 Å². The fourth-order valence-corrected chi connectivity index (χ4v) is 2.81. The molecule has 23 heavy (non-hydrogen) atoms. The van der Waals surface area contributed by atoms with Crippen LogP contribution in [0.15, 0.2) is 66.1 Å². The highest BCUT2D eigenvalue weighted by atomic mass is 32.2. The van der Waals surface area contributed by atoms with Crippen LogP contribution in [0.25, 0.3) is 5.69 Å². The first kappa shape index (κ1) is 15.2. The summed E-state index contributed by atoms with van der Waals surface area (Å²) < 4.78 is 1.62. The van der Waals surface area contributed by atoms with Gasteiger partial charge in [0.05, 0.1) is 34.0 Å². The van der Waals surface area contributed by atoms with Crippen molar-refractivity contribution in [3.05, 3.63) is 61.1 Å². The zero-order valence-corrected chi connectivity index (χ0v) is 13.3. The van der Waals surface area contributed by atoms with E-state index in [1.165, 1.54) is 11.8 Å². The molecule has 1 N–H and O–H groups in total. The first-order valence-electron chi connectivity index (χ1n) is 7.08. The van der Waals surface area contributed by atoms with Gasteiger partial charge in [0, 0.05) is 6.20 Å². The molecule has 0 aliphatic rings. The number of rotatable bonds is 5. The summed E-state index contributed by atoms with van der Waals surface area (Å²) in [6.45, 7) is 1.85. The number of benzene rings is 1. The lowest BCUT2D eigenvalue weighted by atomic mass is 10.2. The average molecular weight is 325 g/mol. The second-order valence-electron chi connectivity index (χ2n) is 4.78. The zero-order chi connectivity index (χ0) is 16.1. The third kappa shape index (κ3) is 3.75. The molecule has 1 amide bonds. The lowest BCUT2D eigenvalue weighted by molar-refractivity contribution is -0.115. The predicted molar refractivity (Wildman–Crippen MR) is 89.5 cm³/mol. The molecule has 3 aromatic rings. The van der Waals surface area contributed by atoms with Crippen LogP contribution >= 0.6 is 11.8 Å². The molecule has 3 rings (SSSR count). The maximum absolute atomic E-state index is 12.4. The van der Waals surface area contributed by atoms with Gasteiger partial charge in [0.25, 0.3) is 0 Å². The monoisotopic (exact) mass is 325 g/mol. The van der Waals surface area contributed by atoms with Crippen molar-refractivity contribution in [1.82, 2.24) is 20.0 Å². The van der Waals surface area contributed by atoms with E-state index in [2.05, 4.69) is 20.6 Å². The van der Waals surface area contributed by atoms with Gasteiger partial charge >= 0.3 is 0 Å². The molecule has 1 atom stereocenters. The van der Waals surface area contributed by atoms with E-state index in [4.69, 9.17) is 0 Å². The SMILES string of the molecule is C[C@@H](Sc1ccccn1)C(=O)Nc1ccccc1-n1ccnn1. The highest BCUT2D eigenvalue weighted by Gasteiger charge is 2.17. The Morgan fingerprint density at radius 3 is 2.74 bits per heavy atom. The minimum atomic E-state index is -0.270. The van der Waals surface area contributed by atoms with Crippen LogP contribution < -0.4 is 5.32 Å². The van der Waals surface area contributed by atoms with Crippen LogP contribution in [0.1, 0.15) is 6.92 Å². The van der Waals surface area contributed by atoms with E-state index in [-0.39, 0.29) is 11.2 Å². The maximum atomic E-state index is 12.4. The van der Waals surface area contributed by atoms with E-state index in [1.54, 1.807) is 23.3 Å². The van der Waals surface area contributed by atoms with Gasteiger partial charge in [0.15, 0.2) is 0 Å². The average Bonchev–Trinajstić information content (AvgIpc) is 3.10. The number of amides is 1. The molecule has 0 saturated carbocycles. The quantitative estimate of drug-likeness (QED) is 0.730. The van der Waals surface area contributed by atoms with Crippen molar-refractivity contribution in [2.24, 2.45) is 0 Å². The first-order chi connectivity index (χ1) is 11.2. The van der Waals surface area contributed by atoms with E-state index < -0.39 is 0 Å². The van der Waals surface area contributed by atoms with E-state index in [0.717, 1.165) is 10.7 Å². The Morgan fingerprint density at radius 2 is 2.00 bits per heavy atom. The van der Waals surface area contributed by atoms with Gasteiger partial charge in [-0.3, -0.25) is 4.79 Å². The number of thioether (sulfide) groups is 1. The van der Waals surface area contributed by atoms with Crippen molar-refractivity contribution < 1.29 is 4.79 Å². The fraction of sp³-hybridized carbons (Fsp3) is 0.125. The molecule has 0 saturated heterocycles. The highest BCUT2D eigenvalue weighted by molar-refractivity contribution is 8.00. The molecule has 1 aromatic carbocycles. The van der Waals surface area contributed by atoms with Gasteiger partial charge in [-0.05, 0) is 31.2 Å². The third-order valence-corrected chi connectivity index (χ3v) is 4.19. The molecule has 0 aliphatic carbocycles. The minimum absolute atomic E-state index is 0.0896. The number of hydrogen-bond donors (Lipinski definition) is 1. The lowest BCUT2D eigenvalue weighted by Gasteiger charge is -2.14. The van der Waals surface area contributed by atoms with Gasteiger partial charge in [-0.1, -0.05) is 35.2 Å². The number of aromatic nitrogens is 4. The summed E-state index contributed by atoms with van der Waals surface area (Å²) in [5.74, 6) is -0.0896. The predicted octanol–water partition coefficient (Wildman–Crippen LogP) is 2.78. The van der Waals surface area contributed by atoms with E-state index in [1.807, 2.05) is 49.4 Å². The van der Waals surface area contributed by atoms with Gasteiger partial charge in [0.1, 0.15) is 0 Å². The Bertz CT molecular complexity index is 776. The summed E-state index contributed by atoms with van der Waals surface area (Å²) in [5.41, 5.74) is 1.46. The molecule has 2 heterocycles. The Hall–Kier alpha value is -2.67. The summed E-state index contributed by atoms with van der Waals surface area (Å²) in [6, 6.07) is 13.1. The molecule has 0 spiro atoms. The van der Waals surface area contributed by atoms with E-state index >= 15 is 0 Å². The van der Waals surface area contributed by atoms with Crippen LogP contribution in [0.5, 0.6) is 0 Å². The van der Waals surface area contributed by atoms with Gasteiger partial charge in [-0.2, -0.15) is 0 Å². The molecule has 0 radical (unpaired) electrons. The van der Waals surface area contributed by atoms with Crippen molar-refractivity contribution in [3.8, 4) is 5.69 Å². The summed E-state index contributed by atoms with van der Waals surface area (Å²) in [4.78, 5) is 16.7. The second kappa shape index (κ2) is 7.06. The van der Waals surface area contributed by atoms with Crippen molar-refractivity contribution in [3.63, 3.8) is 0 Å². The standard InChI is InChI=1S/C16H15N5OS/c1-12(23-15-8-4-5-9-17-15)16(22)19-13-6-2-3-7-14(13)21-11-10-18-20-21/h2-12H,1H3,(H,19,22)/t12-/m1/s1. The molecule has 0 bridgehead atoms. The van der Waals surface area contributed by atoms with E-state index in [0.29, 0.717) is 5.69 Å². The lowest BCUT2D eigenvalue weighted by Crippen LogP contribution is -2.23. The third-order valence-electron chi connectivity index (χ3n) is 3.14. The molecule has 116 valence electrons. The maximum Gasteiger partial charge on any atom is 0.237 e. The van der Waals surface area contributed by atoms with Gasteiger partial charge < -0.3 is 5.32 Å². The Balaban J connectivity index is 1.73. The minimum Gasteiger partial charge on any atom is -0.323 e. The number of nitrogens with one attached hydrogen (secondary N) is 1. The van der Waals surface area contributed by atoms with Crippen molar-refractivity contribution in [2.75, 3.05) is 5.32 Å². The van der Waals surface area contributed by atoms with Crippen LogP contribution in [-0.4, -0.2) is 31.1 Å². The topological polar surface area (TPSA) is 72.7 Å². The summed E-state index contributed by atoms with van der Waals surface area (Å²) in [5, 5.41) is 11.3. The van der Waals surface area contributed by atoms with Crippen molar-refractivity contribution in [2.45, 2.75) is 17.2 Å². The molecule has 6 nitrogen and oxygen atoms in total. The number of anilines is 1. The summed E-state index contributed by atoms with van der Waals surface area (Å²) in [6.07, 6.45) is 5.04. The normalized spacial score (nSPS) is 11.9. The molecule has 0 unspecified atom stereocenters. The number of carbonyl (C=O) groups is 1. The molecule has 2 aromatic heterocycles. The number of carbonyl (C=O) groups excluding carboxylic acids is 1. The van der Waals surface area contributed by atoms with Crippen LogP contribution in [0.2, 0.25) is 0 Å². The molecule has 0 aliphatic heterocycles. The van der Waals surface area contributed by atoms with Crippen molar-refractivity contribution >= 4 is 23.4 Å². The van der Waals surface area contributed by atoms with Gasteiger partial charge in [-0.15, -0.1) is 5.10 Å².